The Bertz CT molecular complexity index is 549. The highest BCUT2D eigenvalue weighted by Gasteiger charge is 2.11. The molecule has 0 aromatic heterocycles. The molecule has 4 nitrogen and oxygen atoms in total. The van der Waals surface area contributed by atoms with Crippen molar-refractivity contribution in [2.24, 2.45) is 0 Å². The van der Waals surface area contributed by atoms with Gasteiger partial charge in [0.2, 0.25) is 0 Å². The Morgan fingerprint density at radius 2 is 1.31 bits per heavy atom. The van der Waals surface area contributed by atoms with Gasteiger partial charge in [-0.05, 0) is 18.6 Å². The van der Waals surface area contributed by atoms with E-state index < -0.39 is 0 Å². The minimum atomic E-state index is -0.159. The van der Waals surface area contributed by atoms with Crippen LogP contribution in [0.4, 0.5) is 0 Å². The Morgan fingerprint density at radius 3 is 1.69 bits per heavy atom. The Hall–Kier alpha value is -2.17. The average Bonchev–Trinajstić information content (AvgIpc) is 2.65. The number of phenols is 1. The molecule has 26 heavy (non-hydrogen) atoms. The van der Waals surface area contributed by atoms with Crippen molar-refractivity contribution in [2.45, 2.75) is 53.9 Å². The number of carbonyl (C=O) groups excluding carboxylic acids is 1. The van der Waals surface area contributed by atoms with Gasteiger partial charge in [0, 0.05) is 5.56 Å². The lowest BCUT2D eigenvalue weighted by Gasteiger charge is -2.02. The number of carbonyl (C=O) groups is 1. The van der Waals surface area contributed by atoms with E-state index in [4.69, 9.17) is 5.26 Å². The van der Waals surface area contributed by atoms with Gasteiger partial charge in [0.1, 0.15) is 5.75 Å². The van der Waals surface area contributed by atoms with E-state index in [-0.39, 0.29) is 11.5 Å². The van der Waals surface area contributed by atoms with Gasteiger partial charge in [-0.1, -0.05) is 89.9 Å². The molecular formula is C22H34O4. The van der Waals surface area contributed by atoms with Crippen molar-refractivity contribution in [3.8, 4) is 5.75 Å². The zero-order chi connectivity index (χ0) is 20.2. The molecule has 0 bridgehead atoms. The van der Waals surface area contributed by atoms with E-state index in [1.165, 1.54) is 18.9 Å². The summed E-state index contributed by atoms with van der Waals surface area (Å²) in [7, 11) is 0. The predicted octanol–water partition coefficient (Wildman–Crippen LogP) is 6.34. The zero-order valence-corrected chi connectivity index (χ0v) is 16.7. The minimum absolute atomic E-state index is 0.0198. The molecule has 0 saturated heterocycles. The normalized spacial score (nSPS) is 8.69. The summed E-state index contributed by atoms with van der Waals surface area (Å²) >= 11 is 0. The van der Waals surface area contributed by atoms with Crippen molar-refractivity contribution in [1.82, 2.24) is 0 Å². The molecule has 0 radical (unpaired) electrons. The molecule has 0 spiro atoms. The van der Waals surface area contributed by atoms with Crippen LogP contribution in [0, 0.1) is 0 Å². The average molecular weight is 363 g/mol. The van der Waals surface area contributed by atoms with Crippen LogP contribution in [0.5, 0.6) is 5.75 Å². The maximum Gasteiger partial charge on any atom is 0.196 e. The summed E-state index contributed by atoms with van der Waals surface area (Å²) < 4.78 is 0. The molecule has 2 N–H and O–H groups in total. The van der Waals surface area contributed by atoms with Crippen molar-refractivity contribution in [3.63, 3.8) is 0 Å². The molecule has 0 atom stereocenters. The monoisotopic (exact) mass is 362 g/mol. The van der Waals surface area contributed by atoms with Crippen molar-refractivity contribution in [2.75, 3.05) is 6.61 Å². The highest BCUT2D eigenvalue weighted by Crippen LogP contribution is 2.19. The Morgan fingerprint density at radius 1 is 0.846 bits per heavy atom. The zero-order valence-electron chi connectivity index (χ0n) is 16.7. The van der Waals surface area contributed by atoms with Crippen molar-refractivity contribution < 1.29 is 20.0 Å². The van der Waals surface area contributed by atoms with Gasteiger partial charge >= 0.3 is 0 Å². The largest absolute Gasteiger partial charge is 0.507 e. The van der Waals surface area contributed by atoms with E-state index in [1.807, 2.05) is 13.0 Å². The van der Waals surface area contributed by atoms with Crippen molar-refractivity contribution in [1.29, 1.82) is 0 Å². The first-order valence-electron chi connectivity index (χ1n) is 9.17. The summed E-state index contributed by atoms with van der Waals surface area (Å²) in [5, 5.41) is 17.1. The molecule has 0 fully saturated rings. The second kappa shape index (κ2) is 19.2. The fraction of sp³-hybridized carbons (Fsp3) is 0.409. The van der Waals surface area contributed by atoms with Gasteiger partial charge in [0.05, 0.1) is 12.2 Å². The smallest absolute Gasteiger partial charge is 0.196 e. The molecule has 0 aliphatic heterocycles. The SMILES string of the molecule is CCC.CCC.CCCOO.O=C(c1ccccc1)c1ccccc1O. The van der Waals surface area contributed by atoms with E-state index in [9.17, 15) is 9.90 Å². The standard InChI is InChI=1S/C13H10O2.C3H8O2.2C3H8/c14-12-9-5-4-8-11(12)13(15)10-6-2-1-3-7-10;1-2-3-5-4;2*1-3-2/h1-9,14H;4H,2-3H2,1H3;2*3H2,1-2H3. The van der Waals surface area contributed by atoms with Crippen LogP contribution in [0.3, 0.4) is 0 Å². The third-order valence-electron chi connectivity index (χ3n) is 2.48. The second-order valence-corrected chi connectivity index (χ2v) is 5.46. The van der Waals surface area contributed by atoms with E-state index in [2.05, 4.69) is 32.6 Å². The lowest BCUT2D eigenvalue weighted by Crippen LogP contribution is -2.00. The molecule has 0 heterocycles. The molecule has 146 valence electrons. The molecular weight excluding hydrogens is 328 g/mol. The highest BCUT2D eigenvalue weighted by atomic mass is 17.1. The van der Waals surface area contributed by atoms with Gasteiger partial charge < -0.3 is 5.11 Å². The molecule has 4 heteroatoms. The van der Waals surface area contributed by atoms with Gasteiger partial charge in [-0.3, -0.25) is 10.1 Å². The number of aromatic hydroxyl groups is 1. The third-order valence-corrected chi connectivity index (χ3v) is 2.48. The molecule has 0 saturated carbocycles. The molecule has 2 aromatic rings. The summed E-state index contributed by atoms with van der Waals surface area (Å²) in [6, 6.07) is 15.5. The topological polar surface area (TPSA) is 66.8 Å². The molecule has 2 rings (SSSR count). The van der Waals surface area contributed by atoms with Crippen LogP contribution in [0.1, 0.15) is 69.8 Å². The van der Waals surface area contributed by atoms with Crippen molar-refractivity contribution >= 4 is 5.78 Å². The van der Waals surface area contributed by atoms with E-state index in [0.29, 0.717) is 17.7 Å². The van der Waals surface area contributed by atoms with Crippen LogP contribution in [0.25, 0.3) is 0 Å². The number of hydrogen-bond donors (Lipinski definition) is 2. The fourth-order valence-corrected chi connectivity index (χ4v) is 1.50. The van der Waals surface area contributed by atoms with Gasteiger partial charge in [0.15, 0.2) is 5.78 Å². The van der Waals surface area contributed by atoms with E-state index in [0.717, 1.165) is 6.42 Å². The number of ketones is 1. The van der Waals surface area contributed by atoms with Crippen LogP contribution in [0.15, 0.2) is 54.6 Å². The van der Waals surface area contributed by atoms with Crippen LogP contribution in [0.2, 0.25) is 0 Å². The molecule has 0 aliphatic rings. The summed E-state index contributed by atoms with van der Waals surface area (Å²) in [6.45, 7) is 10.9. The number of phenolic OH excluding ortho intramolecular Hbond substituents is 1. The van der Waals surface area contributed by atoms with Crippen LogP contribution >= 0.6 is 0 Å². The molecule has 0 amide bonds. The van der Waals surface area contributed by atoms with E-state index >= 15 is 0 Å². The number of rotatable bonds is 4. The lowest BCUT2D eigenvalue weighted by molar-refractivity contribution is -0.241. The van der Waals surface area contributed by atoms with Crippen LogP contribution < -0.4 is 0 Å². The molecule has 0 aliphatic carbocycles. The number of para-hydroxylation sites is 1. The van der Waals surface area contributed by atoms with Crippen LogP contribution in [-0.4, -0.2) is 22.8 Å². The Balaban J connectivity index is 0. The molecule has 2 aromatic carbocycles. The number of benzene rings is 2. The first-order valence-corrected chi connectivity index (χ1v) is 9.17. The maximum atomic E-state index is 11.9. The van der Waals surface area contributed by atoms with Gasteiger partial charge in [-0.25, -0.2) is 4.89 Å². The Labute approximate surface area is 158 Å². The van der Waals surface area contributed by atoms with Gasteiger partial charge in [-0.15, -0.1) is 0 Å². The predicted molar refractivity (Wildman–Crippen MR) is 109 cm³/mol. The summed E-state index contributed by atoms with van der Waals surface area (Å²) in [6.07, 6.45) is 3.37. The fourth-order valence-electron chi connectivity index (χ4n) is 1.50. The van der Waals surface area contributed by atoms with Gasteiger partial charge in [-0.2, -0.15) is 0 Å². The minimum Gasteiger partial charge on any atom is -0.507 e. The molecule has 0 unspecified atom stereocenters. The summed E-state index contributed by atoms with van der Waals surface area (Å²) in [5.41, 5.74) is 0.919. The second-order valence-electron chi connectivity index (χ2n) is 5.46. The van der Waals surface area contributed by atoms with Crippen molar-refractivity contribution in [3.05, 3.63) is 65.7 Å². The lowest BCUT2D eigenvalue weighted by atomic mass is 10.0. The summed E-state index contributed by atoms with van der Waals surface area (Å²) in [4.78, 5) is 15.6. The first-order chi connectivity index (χ1) is 12.5. The highest BCUT2D eigenvalue weighted by molar-refractivity contribution is 6.10. The van der Waals surface area contributed by atoms with Crippen LogP contribution in [-0.2, 0) is 4.89 Å². The quantitative estimate of drug-likeness (QED) is 0.378. The van der Waals surface area contributed by atoms with Gasteiger partial charge in [0.25, 0.3) is 0 Å². The third kappa shape index (κ3) is 13.2. The van der Waals surface area contributed by atoms with E-state index in [1.54, 1.807) is 42.5 Å². The maximum absolute atomic E-state index is 11.9. The summed E-state index contributed by atoms with van der Waals surface area (Å²) in [5.74, 6) is -0.139. The number of hydrogen-bond acceptors (Lipinski definition) is 4. The first kappa shape index (κ1) is 26.1. The Kier molecular flexibility index (Phi) is 19.2.